The zero-order chi connectivity index (χ0) is 15.3. The van der Waals surface area contributed by atoms with Crippen LogP contribution in [0.5, 0.6) is 0 Å². The number of nitrogens with one attached hydrogen (secondary N) is 1. The first-order valence-electron chi connectivity index (χ1n) is 6.32. The quantitative estimate of drug-likeness (QED) is 0.847. The van der Waals surface area contributed by atoms with Crippen molar-refractivity contribution in [3.05, 3.63) is 28.8 Å². The first-order chi connectivity index (χ1) is 9.31. The largest absolute Gasteiger partial charge is 0.480 e. The number of carboxylic acids is 1. The van der Waals surface area contributed by atoms with E-state index < -0.39 is 5.97 Å². The average Bonchev–Trinajstić information content (AvgIpc) is 2.30. The van der Waals surface area contributed by atoms with Gasteiger partial charge in [-0.3, -0.25) is 14.5 Å². The normalized spacial score (nSPS) is 10.9. The molecule has 6 heteroatoms. The number of carboxylic acid groups (broad SMARTS) is 1. The molecule has 0 fully saturated rings. The Kier molecular flexibility index (Phi) is 5.98. The van der Waals surface area contributed by atoms with Gasteiger partial charge < -0.3 is 10.4 Å². The molecule has 0 unspecified atom stereocenters. The highest BCUT2D eigenvalue weighted by atomic mass is 35.5. The molecule has 0 bridgehead atoms. The Labute approximate surface area is 123 Å². The Morgan fingerprint density at radius 2 is 2.05 bits per heavy atom. The number of nitrogens with zero attached hydrogens (tertiary/aromatic N) is 1. The summed E-state index contributed by atoms with van der Waals surface area (Å²) in [5.41, 5.74) is 1.33. The lowest BCUT2D eigenvalue weighted by molar-refractivity contribution is -0.139. The third-order valence-corrected chi connectivity index (χ3v) is 3.21. The molecule has 0 radical (unpaired) electrons. The second-order valence-electron chi connectivity index (χ2n) is 4.84. The van der Waals surface area contributed by atoms with Crippen LogP contribution in [-0.4, -0.2) is 34.5 Å². The second-order valence-corrected chi connectivity index (χ2v) is 5.25. The van der Waals surface area contributed by atoms with Crippen molar-refractivity contribution in [3.63, 3.8) is 0 Å². The van der Waals surface area contributed by atoms with Gasteiger partial charge in [0.05, 0.1) is 6.54 Å². The molecule has 0 saturated heterocycles. The minimum Gasteiger partial charge on any atom is -0.480 e. The molecule has 0 aliphatic carbocycles. The summed E-state index contributed by atoms with van der Waals surface area (Å²) in [7, 11) is 0. The molecule has 0 saturated carbocycles. The summed E-state index contributed by atoms with van der Waals surface area (Å²) in [5, 5.41) is 12.2. The number of halogens is 1. The highest BCUT2D eigenvalue weighted by Crippen LogP contribution is 2.26. The Hall–Kier alpha value is -1.59. The first-order valence-corrected chi connectivity index (χ1v) is 6.70. The predicted octanol–water partition coefficient (Wildman–Crippen LogP) is 2.59. The van der Waals surface area contributed by atoms with E-state index in [-0.39, 0.29) is 18.5 Å². The summed E-state index contributed by atoms with van der Waals surface area (Å²) in [6.45, 7) is 5.53. The van der Waals surface area contributed by atoms with Gasteiger partial charge in [0.1, 0.15) is 0 Å². The molecule has 0 atom stereocenters. The number of hydrogen-bond acceptors (Lipinski definition) is 3. The molecule has 1 aromatic carbocycles. The van der Waals surface area contributed by atoms with E-state index in [1.165, 1.54) is 6.92 Å². The lowest BCUT2D eigenvalue weighted by Gasteiger charge is -2.26. The Bertz CT molecular complexity index is 503. The Morgan fingerprint density at radius 3 is 2.55 bits per heavy atom. The highest BCUT2D eigenvalue weighted by Gasteiger charge is 2.17. The molecule has 0 aromatic heterocycles. The van der Waals surface area contributed by atoms with Crippen molar-refractivity contribution in [2.75, 3.05) is 11.9 Å². The van der Waals surface area contributed by atoms with Crippen molar-refractivity contribution >= 4 is 29.2 Å². The molecule has 110 valence electrons. The van der Waals surface area contributed by atoms with Crippen LogP contribution >= 0.6 is 11.6 Å². The number of rotatable bonds is 6. The molecular formula is C14H19ClN2O3. The molecule has 1 amide bonds. The fourth-order valence-electron chi connectivity index (χ4n) is 1.82. The number of hydrogen-bond donors (Lipinski definition) is 2. The number of carbonyl (C=O) groups is 2. The van der Waals surface area contributed by atoms with Crippen LogP contribution in [0.4, 0.5) is 5.69 Å². The predicted molar refractivity (Wildman–Crippen MR) is 78.9 cm³/mol. The minimum atomic E-state index is -0.896. The van der Waals surface area contributed by atoms with Crippen LogP contribution in [0.3, 0.4) is 0 Å². The third-order valence-electron chi connectivity index (χ3n) is 2.86. The van der Waals surface area contributed by atoms with E-state index >= 15 is 0 Å². The van der Waals surface area contributed by atoms with E-state index in [4.69, 9.17) is 16.7 Å². The number of amides is 1. The summed E-state index contributed by atoms with van der Waals surface area (Å²) in [6, 6.07) is 5.27. The van der Waals surface area contributed by atoms with E-state index in [1.807, 2.05) is 13.8 Å². The summed E-state index contributed by atoms with van der Waals surface area (Å²) in [4.78, 5) is 23.9. The van der Waals surface area contributed by atoms with Gasteiger partial charge in [0, 0.05) is 35.8 Å². The summed E-state index contributed by atoms with van der Waals surface area (Å²) in [6.07, 6.45) is 0. The van der Waals surface area contributed by atoms with E-state index in [1.54, 1.807) is 23.1 Å². The van der Waals surface area contributed by atoms with E-state index in [0.29, 0.717) is 17.3 Å². The summed E-state index contributed by atoms with van der Waals surface area (Å²) < 4.78 is 0. The van der Waals surface area contributed by atoms with Crippen molar-refractivity contribution in [1.29, 1.82) is 0 Å². The molecule has 1 aromatic rings. The number of anilines is 1. The standard InChI is InChI=1S/C14H19ClN2O3/c1-9(2)17(8-14(19)20)7-11-12(15)5-4-6-13(11)16-10(3)18/h4-6,9H,7-8H2,1-3H3,(H,16,18)(H,19,20). The van der Waals surface area contributed by atoms with Gasteiger partial charge in [0.25, 0.3) is 0 Å². The number of aliphatic carboxylic acids is 1. The molecule has 0 spiro atoms. The Morgan fingerprint density at radius 1 is 1.40 bits per heavy atom. The molecule has 20 heavy (non-hydrogen) atoms. The topological polar surface area (TPSA) is 69.6 Å². The van der Waals surface area contributed by atoms with Gasteiger partial charge in [0.2, 0.25) is 5.91 Å². The molecular weight excluding hydrogens is 280 g/mol. The smallest absolute Gasteiger partial charge is 0.317 e. The third kappa shape index (κ3) is 4.83. The van der Waals surface area contributed by atoms with Crippen molar-refractivity contribution < 1.29 is 14.7 Å². The van der Waals surface area contributed by atoms with Gasteiger partial charge in [-0.15, -0.1) is 0 Å². The molecule has 1 rings (SSSR count). The van der Waals surface area contributed by atoms with Gasteiger partial charge in [-0.25, -0.2) is 0 Å². The maximum Gasteiger partial charge on any atom is 0.317 e. The van der Waals surface area contributed by atoms with Crippen LogP contribution < -0.4 is 5.32 Å². The zero-order valence-electron chi connectivity index (χ0n) is 11.8. The molecule has 2 N–H and O–H groups in total. The molecule has 0 aliphatic rings. The van der Waals surface area contributed by atoms with Crippen LogP contribution in [0.15, 0.2) is 18.2 Å². The maximum absolute atomic E-state index is 11.2. The second kappa shape index (κ2) is 7.26. The van der Waals surface area contributed by atoms with Gasteiger partial charge in [-0.05, 0) is 26.0 Å². The van der Waals surface area contributed by atoms with Crippen LogP contribution in [0.2, 0.25) is 5.02 Å². The van der Waals surface area contributed by atoms with Gasteiger partial charge in [-0.2, -0.15) is 0 Å². The summed E-state index contributed by atoms with van der Waals surface area (Å²) >= 11 is 6.17. The zero-order valence-corrected chi connectivity index (χ0v) is 12.6. The SMILES string of the molecule is CC(=O)Nc1cccc(Cl)c1CN(CC(=O)O)C(C)C. The summed E-state index contributed by atoms with van der Waals surface area (Å²) in [5.74, 6) is -1.09. The van der Waals surface area contributed by atoms with Crippen LogP contribution in [0, 0.1) is 0 Å². The van der Waals surface area contributed by atoms with Gasteiger partial charge in [0.15, 0.2) is 0 Å². The van der Waals surface area contributed by atoms with Crippen molar-refractivity contribution in [2.45, 2.75) is 33.4 Å². The minimum absolute atomic E-state index is 0.0487. The van der Waals surface area contributed by atoms with Gasteiger partial charge in [-0.1, -0.05) is 17.7 Å². The molecule has 0 heterocycles. The number of carbonyl (C=O) groups excluding carboxylic acids is 1. The lowest BCUT2D eigenvalue weighted by Crippen LogP contribution is -2.35. The van der Waals surface area contributed by atoms with Crippen LogP contribution in [-0.2, 0) is 16.1 Å². The lowest BCUT2D eigenvalue weighted by atomic mass is 10.1. The molecule has 5 nitrogen and oxygen atoms in total. The number of benzene rings is 1. The monoisotopic (exact) mass is 298 g/mol. The van der Waals surface area contributed by atoms with Crippen molar-refractivity contribution in [2.24, 2.45) is 0 Å². The maximum atomic E-state index is 11.2. The van der Waals surface area contributed by atoms with Crippen LogP contribution in [0.25, 0.3) is 0 Å². The average molecular weight is 299 g/mol. The van der Waals surface area contributed by atoms with Crippen molar-refractivity contribution in [1.82, 2.24) is 4.90 Å². The molecule has 0 aliphatic heterocycles. The highest BCUT2D eigenvalue weighted by molar-refractivity contribution is 6.31. The van der Waals surface area contributed by atoms with Crippen molar-refractivity contribution in [3.8, 4) is 0 Å². The Balaban J connectivity index is 3.04. The first kappa shape index (κ1) is 16.5. The van der Waals surface area contributed by atoms with Gasteiger partial charge >= 0.3 is 5.97 Å². The van der Waals surface area contributed by atoms with E-state index in [0.717, 1.165) is 5.56 Å². The van der Waals surface area contributed by atoms with E-state index in [9.17, 15) is 9.59 Å². The fraction of sp³-hybridized carbons (Fsp3) is 0.429. The van der Waals surface area contributed by atoms with Crippen LogP contribution in [0.1, 0.15) is 26.3 Å². The van der Waals surface area contributed by atoms with E-state index in [2.05, 4.69) is 5.32 Å². The fourth-order valence-corrected chi connectivity index (χ4v) is 2.06.